The Balaban J connectivity index is 2.43. The average Bonchev–Trinajstić information content (AvgIpc) is 2.84. The molecular weight excluding hydrogens is 222 g/mol. The minimum absolute atomic E-state index is 0.0423. The molecule has 0 aromatic heterocycles. The van der Waals surface area contributed by atoms with Gasteiger partial charge >= 0.3 is 0 Å². The second-order valence-corrected chi connectivity index (χ2v) is 4.66. The molecule has 0 saturated carbocycles. The standard InChI is InChI=1S/C13H18F2N2/c1-9(8-16)10-6-11(14)12(15)7-13(10)17-4-2-3-5-17/h6-7,9H,2-5,8,16H2,1H3. The van der Waals surface area contributed by atoms with Gasteiger partial charge in [0.25, 0.3) is 0 Å². The third-order valence-corrected chi connectivity index (χ3v) is 3.40. The zero-order chi connectivity index (χ0) is 12.4. The fourth-order valence-corrected chi connectivity index (χ4v) is 2.31. The van der Waals surface area contributed by atoms with Crippen LogP contribution in [0.3, 0.4) is 0 Å². The number of rotatable bonds is 3. The van der Waals surface area contributed by atoms with E-state index in [9.17, 15) is 8.78 Å². The summed E-state index contributed by atoms with van der Waals surface area (Å²) < 4.78 is 26.7. The fraction of sp³-hybridized carbons (Fsp3) is 0.538. The van der Waals surface area contributed by atoms with E-state index in [1.807, 2.05) is 6.92 Å². The monoisotopic (exact) mass is 240 g/mol. The summed E-state index contributed by atoms with van der Waals surface area (Å²) in [6.45, 7) is 4.20. The van der Waals surface area contributed by atoms with Crippen LogP contribution in [0.4, 0.5) is 14.5 Å². The van der Waals surface area contributed by atoms with Crippen molar-refractivity contribution in [2.75, 3.05) is 24.5 Å². The number of nitrogens with zero attached hydrogens (tertiary/aromatic N) is 1. The maximum absolute atomic E-state index is 13.3. The van der Waals surface area contributed by atoms with Crippen LogP contribution in [-0.4, -0.2) is 19.6 Å². The van der Waals surface area contributed by atoms with E-state index < -0.39 is 11.6 Å². The van der Waals surface area contributed by atoms with Gasteiger partial charge in [-0.05, 0) is 36.9 Å². The minimum atomic E-state index is -0.789. The quantitative estimate of drug-likeness (QED) is 0.880. The van der Waals surface area contributed by atoms with Crippen molar-refractivity contribution in [3.05, 3.63) is 29.3 Å². The highest BCUT2D eigenvalue weighted by Crippen LogP contribution is 2.31. The van der Waals surface area contributed by atoms with Crippen LogP contribution in [0.2, 0.25) is 0 Å². The van der Waals surface area contributed by atoms with Crippen molar-refractivity contribution >= 4 is 5.69 Å². The van der Waals surface area contributed by atoms with Crippen molar-refractivity contribution in [3.8, 4) is 0 Å². The molecule has 1 aromatic rings. The van der Waals surface area contributed by atoms with Gasteiger partial charge in [0.2, 0.25) is 0 Å². The van der Waals surface area contributed by atoms with Crippen LogP contribution in [0, 0.1) is 11.6 Å². The Bertz CT molecular complexity index is 401. The van der Waals surface area contributed by atoms with Crippen molar-refractivity contribution in [2.24, 2.45) is 5.73 Å². The summed E-state index contributed by atoms with van der Waals surface area (Å²) in [4.78, 5) is 2.12. The Hall–Kier alpha value is -1.16. The van der Waals surface area contributed by atoms with E-state index in [-0.39, 0.29) is 5.92 Å². The van der Waals surface area contributed by atoms with Crippen molar-refractivity contribution in [2.45, 2.75) is 25.7 Å². The molecule has 1 unspecified atom stereocenters. The third-order valence-electron chi connectivity index (χ3n) is 3.40. The van der Waals surface area contributed by atoms with Crippen molar-refractivity contribution in [1.82, 2.24) is 0 Å². The molecule has 1 aliphatic heterocycles. The van der Waals surface area contributed by atoms with E-state index in [2.05, 4.69) is 4.90 Å². The Morgan fingerprint density at radius 3 is 2.41 bits per heavy atom. The molecule has 1 aliphatic rings. The molecule has 1 fully saturated rings. The predicted molar refractivity (Wildman–Crippen MR) is 65.3 cm³/mol. The molecule has 0 spiro atoms. The molecule has 0 radical (unpaired) electrons. The number of nitrogens with two attached hydrogens (primary N) is 1. The molecule has 1 atom stereocenters. The van der Waals surface area contributed by atoms with Gasteiger partial charge in [-0.3, -0.25) is 0 Å². The van der Waals surface area contributed by atoms with E-state index in [1.165, 1.54) is 12.1 Å². The fourth-order valence-electron chi connectivity index (χ4n) is 2.31. The van der Waals surface area contributed by atoms with Gasteiger partial charge in [0, 0.05) is 24.8 Å². The summed E-state index contributed by atoms with van der Waals surface area (Å²) in [6, 6.07) is 2.60. The molecule has 2 nitrogen and oxygen atoms in total. The lowest BCUT2D eigenvalue weighted by Crippen LogP contribution is -2.22. The number of halogens is 2. The van der Waals surface area contributed by atoms with Gasteiger partial charge < -0.3 is 10.6 Å². The Kier molecular flexibility index (Phi) is 3.62. The van der Waals surface area contributed by atoms with Gasteiger partial charge in [-0.1, -0.05) is 6.92 Å². The van der Waals surface area contributed by atoms with Gasteiger partial charge in [-0.25, -0.2) is 8.78 Å². The SMILES string of the molecule is CC(CN)c1cc(F)c(F)cc1N1CCCC1. The maximum Gasteiger partial charge on any atom is 0.160 e. The summed E-state index contributed by atoms with van der Waals surface area (Å²) in [6.07, 6.45) is 2.21. The summed E-state index contributed by atoms with van der Waals surface area (Å²) >= 11 is 0. The molecule has 1 heterocycles. The first-order chi connectivity index (χ1) is 8.13. The minimum Gasteiger partial charge on any atom is -0.371 e. The van der Waals surface area contributed by atoms with Crippen molar-refractivity contribution in [1.29, 1.82) is 0 Å². The molecule has 1 aromatic carbocycles. The van der Waals surface area contributed by atoms with Crippen LogP contribution in [0.25, 0.3) is 0 Å². The van der Waals surface area contributed by atoms with E-state index >= 15 is 0 Å². The molecule has 94 valence electrons. The molecule has 0 bridgehead atoms. The van der Waals surface area contributed by atoms with Crippen molar-refractivity contribution in [3.63, 3.8) is 0 Å². The highest BCUT2D eigenvalue weighted by molar-refractivity contribution is 5.56. The summed E-state index contributed by atoms with van der Waals surface area (Å²) in [5.41, 5.74) is 7.24. The molecular formula is C13H18F2N2. The van der Waals surface area contributed by atoms with E-state index in [0.29, 0.717) is 6.54 Å². The lowest BCUT2D eigenvalue weighted by molar-refractivity contribution is 0.505. The van der Waals surface area contributed by atoms with Gasteiger partial charge in [-0.2, -0.15) is 0 Å². The highest BCUT2D eigenvalue weighted by Gasteiger charge is 2.20. The van der Waals surface area contributed by atoms with Crippen LogP contribution < -0.4 is 10.6 Å². The van der Waals surface area contributed by atoms with Crippen molar-refractivity contribution < 1.29 is 8.78 Å². The van der Waals surface area contributed by atoms with Crippen LogP contribution in [0.1, 0.15) is 31.2 Å². The van der Waals surface area contributed by atoms with Gasteiger partial charge in [0.05, 0.1) is 0 Å². The van der Waals surface area contributed by atoms with Crippen LogP contribution in [0.5, 0.6) is 0 Å². The summed E-state index contributed by atoms with van der Waals surface area (Å²) in [5, 5.41) is 0. The van der Waals surface area contributed by atoms with E-state index in [1.54, 1.807) is 0 Å². The Morgan fingerprint density at radius 1 is 1.24 bits per heavy atom. The summed E-state index contributed by atoms with van der Waals surface area (Å²) in [7, 11) is 0. The first-order valence-electron chi connectivity index (χ1n) is 6.07. The molecule has 2 N–H and O–H groups in total. The first-order valence-corrected chi connectivity index (χ1v) is 6.07. The average molecular weight is 240 g/mol. The second kappa shape index (κ2) is 5.00. The first kappa shape index (κ1) is 12.3. The maximum atomic E-state index is 13.3. The lowest BCUT2D eigenvalue weighted by atomic mass is 9.98. The molecule has 4 heteroatoms. The van der Waals surface area contributed by atoms with Gasteiger partial charge in [0.1, 0.15) is 0 Å². The molecule has 1 saturated heterocycles. The largest absolute Gasteiger partial charge is 0.371 e. The highest BCUT2D eigenvalue weighted by atomic mass is 19.2. The summed E-state index contributed by atoms with van der Waals surface area (Å²) in [5.74, 6) is -1.52. The zero-order valence-electron chi connectivity index (χ0n) is 10.0. The van der Waals surface area contributed by atoms with E-state index in [4.69, 9.17) is 5.73 Å². The Labute approximate surface area is 100 Å². The number of hydrogen-bond donors (Lipinski definition) is 1. The van der Waals surface area contributed by atoms with Crippen LogP contribution in [-0.2, 0) is 0 Å². The van der Waals surface area contributed by atoms with Crippen LogP contribution >= 0.6 is 0 Å². The molecule has 17 heavy (non-hydrogen) atoms. The van der Waals surface area contributed by atoms with E-state index in [0.717, 1.165) is 37.2 Å². The van der Waals surface area contributed by atoms with Gasteiger partial charge in [-0.15, -0.1) is 0 Å². The number of benzene rings is 1. The normalized spacial score (nSPS) is 17.5. The van der Waals surface area contributed by atoms with Crippen LogP contribution in [0.15, 0.2) is 12.1 Å². The zero-order valence-corrected chi connectivity index (χ0v) is 10.0. The second-order valence-electron chi connectivity index (χ2n) is 4.66. The lowest BCUT2D eigenvalue weighted by Gasteiger charge is -2.24. The molecule has 0 amide bonds. The number of anilines is 1. The topological polar surface area (TPSA) is 29.3 Å². The van der Waals surface area contributed by atoms with Gasteiger partial charge in [0.15, 0.2) is 11.6 Å². The number of hydrogen-bond acceptors (Lipinski definition) is 2. The molecule has 0 aliphatic carbocycles. The molecule has 2 rings (SSSR count). The predicted octanol–water partition coefficient (Wildman–Crippen LogP) is 2.63. The third kappa shape index (κ3) is 2.41. The Morgan fingerprint density at radius 2 is 1.82 bits per heavy atom. The smallest absolute Gasteiger partial charge is 0.160 e.